The van der Waals surface area contributed by atoms with E-state index in [1.54, 1.807) is 39.0 Å². The van der Waals surface area contributed by atoms with Crippen molar-refractivity contribution in [1.29, 1.82) is 0 Å². The molecule has 5 amide bonds. The monoisotopic (exact) mass is 529 g/mol. The van der Waals surface area contributed by atoms with Crippen LogP contribution in [0.15, 0.2) is 23.3 Å². The quantitative estimate of drug-likeness (QED) is 0.152. The molecule has 1 saturated heterocycles. The number of rotatable bonds is 10. The SMILES string of the molecule is CC(C)(C)OC(=O)N(CCN=[N+]=[N-])CCOCC(=O)Nc1cccc2c1CN(C1CCC(=O)NC1=O)C2=O. The van der Waals surface area contributed by atoms with Gasteiger partial charge in [0.05, 0.1) is 6.61 Å². The Bertz CT molecular complexity index is 1160. The summed E-state index contributed by atoms with van der Waals surface area (Å²) in [6, 6.07) is 4.14. The van der Waals surface area contributed by atoms with E-state index in [1.807, 2.05) is 0 Å². The van der Waals surface area contributed by atoms with Gasteiger partial charge in [0.2, 0.25) is 17.7 Å². The zero-order valence-corrected chi connectivity index (χ0v) is 21.6. The molecule has 3 rings (SSSR count). The number of hydrogen-bond donors (Lipinski definition) is 2. The topological polar surface area (TPSA) is 183 Å². The van der Waals surface area contributed by atoms with Crippen molar-refractivity contribution in [2.24, 2.45) is 5.11 Å². The molecule has 0 saturated carbocycles. The Morgan fingerprint density at radius 3 is 2.71 bits per heavy atom. The highest BCUT2D eigenvalue weighted by Gasteiger charge is 2.40. The van der Waals surface area contributed by atoms with Gasteiger partial charge in [-0.3, -0.25) is 24.5 Å². The molecule has 1 aromatic rings. The molecular weight excluding hydrogens is 498 g/mol. The lowest BCUT2D eigenvalue weighted by atomic mass is 10.0. The molecule has 14 heteroatoms. The standard InChI is InChI=1S/C24H31N7O7/c1-24(2,3)38-23(36)30(10-9-26-29-25)11-12-37-14-20(33)27-17-6-4-5-15-16(17)13-31(22(15)35)18-7-8-19(32)28-21(18)34/h4-6,18H,7-14H2,1-3H3,(H,27,33)(H,28,32,34). The van der Waals surface area contributed by atoms with Gasteiger partial charge in [-0.05, 0) is 44.9 Å². The first kappa shape index (κ1) is 28.4. The summed E-state index contributed by atoms with van der Waals surface area (Å²) in [5.41, 5.74) is 9.14. The predicted octanol–water partition coefficient (Wildman–Crippen LogP) is 1.95. The van der Waals surface area contributed by atoms with Crippen molar-refractivity contribution < 1.29 is 33.4 Å². The molecule has 2 aliphatic heterocycles. The molecule has 0 spiro atoms. The Kier molecular flexibility index (Phi) is 9.26. The van der Waals surface area contributed by atoms with E-state index in [4.69, 9.17) is 15.0 Å². The normalized spacial score (nSPS) is 16.9. The maximum atomic E-state index is 12.9. The number of azide groups is 1. The summed E-state index contributed by atoms with van der Waals surface area (Å²) in [7, 11) is 0. The smallest absolute Gasteiger partial charge is 0.410 e. The van der Waals surface area contributed by atoms with E-state index < -0.39 is 29.6 Å². The van der Waals surface area contributed by atoms with Crippen molar-refractivity contribution in [2.75, 3.05) is 38.2 Å². The van der Waals surface area contributed by atoms with Crippen molar-refractivity contribution in [1.82, 2.24) is 15.1 Å². The van der Waals surface area contributed by atoms with E-state index >= 15 is 0 Å². The molecule has 0 aliphatic carbocycles. The zero-order valence-electron chi connectivity index (χ0n) is 21.6. The number of carbonyl (C=O) groups excluding carboxylic acids is 5. The van der Waals surface area contributed by atoms with E-state index in [0.29, 0.717) is 16.8 Å². The number of amides is 5. The van der Waals surface area contributed by atoms with Gasteiger partial charge in [0.15, 0.2) is 0 Å². The Balaban J connectivity index is 1.54. The minimum absolute atomic E-state index is 0.0254. The van der Waals surface area contributed by atoms with Crippen LogP contribution < -0.4 is 10.6 Å². The van der Waals surface area contributed by atoms with Crippen molar-refractivity contribution in [2.45, 2.75) is 51.8 Å². The van der Waals surface area contributed by atoms with E-state index in [2.05, 4.69) is 20.7 Å². The first-order chi connectivity index (χ1) is 18.0. The number of benzene rings is 1. The predicted molar refractivity (Wildman–Crippen MR) is 134 cm³/mol. The summed E-state index contributed by atoms with van der Waals surface area (Å²) in [4.78, 5) is 67.0. The van der Waals surface area contributed by atoms with Gasteiger partial charge in [0.25, 0.3) is 5.91 Å². The Labute approximate surface area is 219 Å². The Morgan fingerprint density at radius 1 is 1.26 bits per heavy atom. The van der Waals surface area contributed by atoms with E-state index in [9.17, 15) is 24.0 Å². The summed E-state index contributed by atoms with van der Waals surface area (Å²) in [5.74, 6) is -1.69. The largest absolute Gasteiger partial charge is 0.444 e. The van der Waals surface area contributed by atoms with Crippen LogP contribution in [0, 0.1) is 0 Å². The van der Waals surface area contributed by atoms with Gasteiger partial charge in [0.1, 0.15) is 18.2 Å². The second-order valence-corrected chi connectivity index (χ2v) is 9.75. The average Bonchev–Trinajstić information content (AvgIpc) is 3.16. The fraction of sp³-hybridized carbons (Fsp3) is 0.542. The second kappa shape index (κ2) is 12.4. The van der Waals surface area contributed by atoms with Crippen molar-refractivity contribution >= 4 is 35.4 Å². The summed E-state index contributed by atoms with van der Waals surface area (Å²) >= 11 is 0. The van der Waals surface area contributed by atoms with Crippen LogP contribution in [-0.4, -0.2) is 84.0 Å². The molecule has 0 radical (unpaired) electrons. The number of anilines is 1. The fourth-order valence-electron chi connectivity index (χ4n) is 4.06. The third kappa shape index (κ3) is 7.43. The number of nitrogens with zero attached hydrogens (tertiary/aromatic N) is 5. The molecule has 1 aromatic carbocycles. The number of ether oxygens (including phenoxy) is 2. The molecule has 1 atom stereocenters. The van der Waals surface area contributed by atoms with E-state index in [1.165, 1.54) is 9.80 Å². The van der Waals surface area contributed by atoms with Crippen molar-refractivity contribution in [3.63, 3.8) is 0 Å². The minimum atomic E-state index is -0.758. The van der Waals surface area contributed by atoms with Crippen molar-refractivity contribution in [3.05, 3.63) is 39.8 Å². The van der Waals surface area contributed by atoms with Crippen LogP contribution in [0.5, 0.6) is 0 Å². The third-order valence-corrected chi connectivity index (χ3v) is 5.78. The van der Waals surface area contributed by atoms with E-state index in [-0.39, 0.29) is 64.0 Å². The first-order valence-electron chi connectivity index (χ1n) is 12.1. The molecule has 0 bridgehead atoms. The van der Waals surface area contributed by atoms with Gasteiger partial charge in [0, 0.05) is 54.3 Å². The van der Waals surface area contributed by atoms with Gasteiger partial charge in [-0.15, -0.1) is 0 Å². The maximum absolute atomic E-state index is 12.9. The summed E-state index contributed by atoms with van der Waals surface area (Å²) in [5, 5.41) is 8.42. The van der Waals surface area contributed by atoms with E-state index in [0.717, 1.165) is 0 Å². The van der Waals surface area contributed by atoms with Crippen LogP contribution in [-0.2, 0) is 30.4 Å². The van der Waals surface area contributed by atoms with Crippen LogP contribution >= 0.6 is 0 Å². The Morgan fingerprint density at radius 2 is 2.03 bits per heavy atom. The van der Waals surface area contributed by atoms with Gasteiger partial charge < -0.3 is 24.6 Å². The first-order valence-corrected chi connectivity index (χ1v) is 12.1. The summed E-state index contributed by atoms with van der Waals surface area (Å²) in [6.45, 7) is 5.32. The number of imide groups is 1. The molecule has 14 nitrogen and oxygen atoms in total. The molecule has 1 fully saturated rings. The highest BCUT2D eigenvalue weighted by atomic mass is 16.6. The second-order valence-electron chi connectivity index (χ2n) is 9.75. The van der Waals surface area contributed by atoms with Gasteiger partial charge in [-0.1, -0.05) is 11.2 Å². The van der Waals surface area contributed by atoms with Crippen molar-refractivity contribution in [3.8, 4) is 0 Å². The minimum Gasteiger partial charge on any atom is -0.444 e. The molecule has 0 aromatic heterocycles. The lowest BCUT2D eigenvalue weighted by Gasteiger charge is -2.29. The summed E-state index contributed by atoms with van der Waals surface area (Å²) < 4.78 is 10.8. The van der Waals surface area contributed by atoms with Gasteiger partial charge >= 0.3 is 6.09 Å². The van der Waals surface area contributed by atoms with Crippen LogP contribution in [0.3, 0.4) is 0 Å². The lowest BCUT2D eigenvalue weighted by Crippen LogP contribution is -2.52. The number of piperidine rings is 1. The molecule has 1 unspecified atom stereocenters. The molecule has 2 N–H and O–H groups in total. The zero-order chi connectivity index (χ0) is 27.9. The van der Waals surface area contributed by atoms with Gasteiger partial charge in [-0.25, -0.2) is 4.79 Å². The maximum Gasteiger partial charge on any atom is 0.410 e. The molecule has 2 aliphatic rings. The molecule has 204 valence electrons. The fourth-order valence-corrected chi connectivity index (χ4v) is 4.06. The highest BCUT2D eigenvalue weighted by molar-refractivity contribution is 6.06. The van der Waals surface area contributed by atoms with Crippen LogP contribution in [0.25, 0.3) is 10.4 Å². The Hall–Kier alpha value is -4.16. The number of nitrogens with one attached hydrogen (secondary N) is 2. The molecule has 38 heavy (non-hydrogen) atoms. The highest BCUT2D eigenvalue weighted by Crippen LogP contribution is 2.32. The van der Waals surface area contributed by atoms with Crippen LogP contribution in [0.2, 0.25) is 0 Å². The third-order valence-electron chi connectivity index (χ3n) is 5.78. The number of fused-ring (bicyclic) bond motifs is 1. The summed E-state index contributed by atoms with van der Waals surface area (Å²) in [6.07, 6.45) is -0.207. The van der Waals surface area contributed by atoms with Crippen LogP contribution in [0.1, 0.15) is 49.5 Å². The van der Waals surface area contributed by atoms with Gasteiger partial charge in [-0.2, -0.15) is 0 Å². The molecule has 2 heterocycles. The average molecular weight is 530 g/mol. The lowest BCUT2D eigenvalue weighted by molar-refractivity contribution is -0.137. The van der Waals surface area contributed by atoms with Crippen LogP contribution in [0.4, 0.5) is 10.5 Å². The number of hydrogen-bond acceptors (Lipinski definition) is 8. The number of carbonyl (C=O) groups is 5. The molecular formula is C24H31N7O7.